The molecule has 0 bridgehead atoms. The number of imide groups is 1. The molecule has 3 amide bonds. The van der Waals surface area contributed by atoms with Crippen molar-refractivity contribution in [1.29, 1.82) is 0 Å². The van der Waals surface area contributed by atoms with E-state index in [1.165, 1.54) is 4.90 Å². The normalized spacial score (nSPS) is 24.5. The van der Waals surface area contributed by atoms with Crippen molar-refractivity contribution in [1.82, 2.24) is 10.2 Å². The van der Waals surface area contributed by atoms with Gasteiger partial charge in [0.15, 0.2) is 0 Å². The first-order valence-corrected chi connectivity index (χ1v) is 11.5. The van der Waals surface area contributed by atoms with Crippen molar-refractivity contribution in [2.45, 2.75) is 45.1 Å². The minimum atomic E-state index is -0.246. The lowest BCUT2D eigenvalue weighted by molar-refractivity contribution is -0.129. The van der Waals surface area contributed by atoms with Gasteiger partial charge in [-0.1, -0.05) is 42.7 Å². The minimum absolute atomic E-state index is 0.0191. The number of nitrogens with zero attached hydrogens (tertiary/aromatic N) is 1. The zero-order valence-corrected chi connectivity index (χ0v) is 18.3. The molecule has 0 aromatic heterocycles. The van der Waals surface area contributed by atoms with Crippen LogP contribution in [0.5, 0.6) is 5.75 Å². The highest BCUT2D eigenvalue weighted by molar-refractivity contribution is 6.21. The summed E-state index contributed by atoms with van der Waals surface area (Å²) in [5, 5.41) is 3.26. The number of rotatable bonds is 4. The smallest absolute Gasteiger partial charge is 0.261 e. The van der Waals surface area contributed by atoms with E-state index in [4.69, 9.17) is 4.74 Å². The predicted octanol–water partition coefficient (Wildman–Crippen LogP) is 4.04. The van der Waals surface area contributed by atoms with E-state index < -0.39 is 0 Å². The molecule has 1 fully saturated rings. The number of aryl methyl sites for hydroxylation is 1. The van der Waals surface area contributed by atoms with E-state index in [-0.39, 0.29) is 35.6 Å². The molecule has 5 rings (SSSR count). The Bertz CT molecular complexity index is 1040. The van der Waals surface area contributed by atoms with Gasteiger partial charge >= 0.3 is 0 Å². The molecule has 1 aliphatic carbocycles. The quantitative estimate of drug-likeness (QED) is 0.740. The van der Waals surface area contributed by atoms with Crippen LogP contribution in [0.4, 0.5) is 0 Å². The fourth-order valence-corrected chi connectivity index (χ4v) is 5.35. The van der Waals surface area contributed by atoms with Crippen LogP contribution < -0.4 is 10.1 Å². The van der Waals surface area contributed by atoms with Crippen LogP contribution in [-0.2, 0) is 4.79 Å². The van der Waals surface area contributed by atoms with Gasteiger partial charge in [-0.25, -0.2) is 0 Å². The van der Waals surface area contributed by atoms with Crippen LogP contribution in [-0.4, -0.2) is 35.8 Å². The van der Waals surface area contributed by atoms with Crippen molar-refractivity contribution in [2.75, 3.05) is 13.2 Å². The number of amides is 3. The molecule has 2 heterocycles. The Morgan fingerprint density at radius 2 is 1.75 bits per heavy atom. The van der Waals surface area contributed by atoms with E-state index in [0.717, 1.165) is 49.0 Å². The van der Waals surface area contributed by atoms with Gasteiger partial charge in [0, 0.05) is 24.4 Å². The number of carbonyl (C=O) groups is 3. The highest BCUT2D eigenvalue weighted by Gasteiger charge is 2.40. The molecule has 0 spiro atoms. The number of hydrogen-bond acceptors (Lipinski definition) is 4. The van der Waals surface area contributed by atoms with E-state index in [1.54, 1.807) is 24.3 Å². The molecular formula is C26H28N2O4. The summed E-state index contributed by atoms with van der Waals surface area (Å²) in [7, 11) is 0. The van der Waals surface area contributed by atoms with Gasteiger partial charge in [-0.3, -0.25) is 19.3 Å². The first-order chi connectivity index (χ1) is 15.5. The summed E-state index contributed by atoms with van der Waals surface area (Å²) in [6, 6.07) is 12.9. The lowest BCUT2D eigenvalue weighted by atomic mass is 9.78. The number of benzene rings is 2. The lowest BCUT2D eigenvalue weighted by Crippen LogP contribution is -2.44. The molecule has 32 heavy (non-hydrogen) atoms. The number of fused-ring (bicyclic) bond motifs is 2. The fraction of sp³-hybridized carbons (Fsp3) is 0.423. The van der Waals surface area contributed by atoms with Gasteiger partial charge in [-0.2, -0.15) is 0 Å². The van der Waals surface area contributed by atoms with Gasteiger partial charge in [-0.15, -0.1) is 0 Å². The molecule has 1 N–H and O–H groups in total. The second-order valence-corrected chi connectivity index (χ2v) is 9.16. The van der Waals surface area contributed by atoms with E-state index >= 15 is 0 Å². The number of hydrogen-bond donors (Lipinski definition) is 1. The first-order valence-electron chi connectivity index (χ1n) is 11.5. The third kappa shape index (κ3) is 3.68. The van der Waals surface area contributed by atoms with Gasteiger partial charge in [0.25, 0.3) is 11.8 Å². The summed E-state index contributed by atoms with van der Waals surface area (Å²) in [5.41, 5.74) is 3.08. The van der Waals surface area contributed by atoms with Gasteiger partial charge in [0.05, 0.1) is 23.8 Å². The standard InChI is InChI=1S/C26H28N2O4/c1-16-10-11-23-21(14-16)22(12-13-32-23)27-24(29)18-7-3-2-6-17(18)15-28-25(30)19-8-4-5-9-20(19)26(28)31/h4-5,8-11,14,17-18,22H,2-3,6-7,12-13,15H2,1H3,(H,27,29). The second kappa shape index (κ2) is 8.41. The van der Waals surface area contributed by atoms with Crippen molar-refractivity contribution in [3.05, 3.63) is 64.7 Å². The molecule has 6 nitrogen and oxygen atoms in total. The number of carbonyl (C=O) groups excluding carboxylic acids is 3. The Hall–Kier alpha value is -3.15. The Morgan fingerprint density at radius 1 is 1.03 bits per heavy atom. The summed E-state index contributed by atoms with van der Waals surface area (Å²) >= 11 is 0. The zero-order chi connectivity index (χ0) is 22.2. The minimum Gasteiger partial charge on any atom is -0.493 e. The fourth-order valence-electron chi connectivity index (χ4n) is 5.35. The van der Waals surface area contributed by atoms with Gasteiger partial charge < -0.3 is 10.1 Å². The molecule has 3 unspecified atom stereocenters. The van der Waals surface area contributed by atoms with Crippen LogP contribution in [0.3, 0.4) is 0 Å². The largest absolute Gasteiger partial charge is 0.493 e. The van der Waals surface area contributed by atoms with Crippen LogP contribution in [0, 0.1) is 18.8 Å². The molecule has 6 heteroatoms. The topological polar surface area (TPSA) is 75.7 Å². The highest BCUT2D eigenvalue weighted by atomic mass is 16.5. The zero-order valence-electron chi connectivity index (χ0n) is 18.3. The van der Waals surface area contributed by atoms with Crippen molar-refractivity contribution in [2.24, 2.45) is 11.8 Å². The SMILES string of the molecule is Cc1ccc2c(c1)C(NC(=O)C1CCCCC1CN1C(=O)c3ccccc3C1=O)CCO2. The van der Waals surface area contributed by atoms with E-state index in [0.29, 0.717) is 24.3 Å². The number of ether oxygens (including phenoxy) is 1. The summed E-state index contributed by atoms with van der Waals surface area (Å²) < 4.78 is 5.77. The molecule has 0 saturated heterocycles. The third-order valence-electron chi connectivity index (χ3n) is 7.06. The molecule has 3 aliphatic rings. The predicted molar refractivity (Wildman–Crippen MR) is 119 cm³/mol. The maximum absolute atomic E-state index is 13.4. The molecule has 2 aromatic rings. The average Bonchev–Trinajstić information content (AvgIpc) is 3.05. The molecule has 3 atom stereocenters. The molecule has 2 aromatic carbocycles. The lowest BCUT2D eigenvalue weighted by Gasteiger charge is -2.35. The van der Waals surface area contributed by atoms with Crippen molar-refractivity contribution < 1.29 is 19.1 Å². The molecule has 166 valence electrons. The van der Waals surface area contributed by atoms with Gasteiger partial charge in [0.2, 0.25) is 5.91 Å². The third-order valence-corrected chi connectivity index (χ3v) is 7.06. The summed E-state index contributed by atoms with van der Waals surface area (Å²) in [6.45, 7) is 2.91. The summed E-state index contributed by atoms with van der Waals surface area (Å²) in [6.07, 6.45) is 4.35. The van der Waals surface area contributed by atoms with Crippen molar-refractivity contribution in [3.63, 3.8) is 0 Å². The molecule has 0 radical (unpaired) electrons. The van der Waals surface area contributed by atoms with Gasteiger partial charge in [-0.05, 0) is 43.9 Å². The van der Waals surface area contributed by atoms with Crippen LogP contribution in [0.2, 0.25) is 0 Å². The Kier molecular flexibility index (Phi) is 5.45. The average molecular weight is 433 g/mol. The maximum atomic E-state index is 13.4. The molecule has 1 saturated carbocycles. The summed E-state index contributed by atoms with van der Waals surface area (Å²) in [5.74, 6) is 0.129. The Morgan fingerprint density at radius 3 is 2.50 bits per heavy atom. The summed E-state index contributed by atoms with van der Waals surface area (Å²) in [4.78, 5) is 40.4. The number of nitrogens with one attached hydrogen (secondary N) is 1. The Balaban J connectivity index is 1.32. The highest BCUT2D eigenvalue weighted by Crippen LogP contribution is 2.36. The van der Waals surface area contributed by atoms with Crippen LogP contribution in [0.25, 0.3) is 0 Å². The Labute approximate surface area is 187 Å². The molecule has 2 aliphatic heterocycles. The second-order valence-electron chi connectivity index (χ2n) is 9.16. The van der Waals surface area contributed by atoms with Crippen molar-refractivity contribution >= 4 is 17.7 Å². The molecular weight excluding hydrogens is 404 g/mol. The van der Waals surface area contributed by atoms with Crippen LogP contribution in [0.1, 0.15) is 70.0 Å². The van der Waals surface area contributed by atoms with E-state index in [2.05, 4.69) is 11.4 Å². The van der Waals surface area contributed by atoms with E-state index in [1.807, 2.05) is 19.1 Å². The van der Waals surface area contributed by atoms with Crippen LogP contribution >= 0.6 is 0 Å². The first kappa shape index (κ1) is 20.7. The maximum Gasteiger partial charge on any atom is 0.261 e. The van der Waals surface area contributed by atoms with Crippen LogP contribution in [0.15, 0.2) is 42.5 Å². The van der Waals surface area contributed by atoms with E-state index in [9.17, 15) is 14.4 Å². The monoisotopic (exact) mass is 432 g/mol. The van der Waals surface area contributed by atoms with Gasteiger partial charge in [0.1, 0.15) is 5.75 Å². The van der Waals surface area contributed by atoms with Crippen molar-refractivity contribution in [3.8, 4) is 5.75 Å².